The van der Waals surface area contributed by atoms with Gasteiger partial charge in [0.2, 0.25) is 0 Å². The Morgan fingerprint density at radius 1 is 1.16 bits per heavy atom. The molecule has 0 aromatic heterocycles. The van der Waals surface area contributed by atoms with Crippen molar-refractivity contribution >= 4 is 0 Å². The Kier molecular flexibility index (Phi) is 5.87. The van der Waals surface area contributed by atoms with Crippen LogP contribution < -0.4 is 5.73 Å². The summed E-state index contributed by atoms with van der Waals surface area (Å²) >= 11 is 0. The minimum atomic E-state index is 0.573. The first-order chi connectivity index (χ1) is 9.31. The Morgan fingerprint density at radius 3 is 2.47 bits per heavy atom. The predicted molar refractivity (Wildman–Crippen MR) is 82.2 cm³/mol. The largest absolute Gasteiger partial charge is 0.329 e. The Bertz CT molecular complexity index is 344. The molecule has 1 aromatic carbocycles. The van der Waals surface area contributed by atoms with Crippen LogP contribution in [0.15, 0.2) is 30.3 Å². The van der Waals surface area contributed by atoms with Crippen molar-refractivity contribution in [1.82, 2.24) is 4.90 Å². The monoisotopic (exact) mass is 260 g/mol. The molecule has 1 atom stereocenters. The molecule has 1 fully saturated rings. The maximum atomic E-state index is 6.03. The molecule has 2 nitrogen and oxygen atoms in total. The first-order valence-corrected chi connectivity index (χ1v) is 7.75. The van der Waals surface area contributed by atoms with Crippen LogP contribution in [0.5, 0.6) is 0 Å². The second-order valence-corrected chi connectivity index (χ2v) is 5.92. The molecule has 1 saturated carbocycles. The summed E-state index contributed by atoms with van der Waals surface area (Å²) in [4.78, 5) is 2.49. The SMILES string of the molecule is CN(CCc1ccccc1)C(CN)C1CCCCC1. The van der Waals surface area contributed by atoms with Crippen molar-refractivity contribution in [3.8, 4) is 0 Å². The van der Waals surface area contributed by atoms with Gasteiger partial charge in [0.15, 0.2) is 0 Å². The summed E-state index contributed by atoms with van der Waals surface area (Å²) in [5, 5.41) is 0. The van der Waals surface area contributed by atoms with E-state index in [0.717, 1.165) is 25.4 Å². The summed E-state index contributed by atoms with van der Waals surface area (Å²) < 4.78 is 0. The summed E-state index contributed by atoms with van der Waals surface area (Å²) in [6, 6.07) is 11.3. The lowest BCUT2D eigenvalue weighted by Crippen LogP contribution is -2.44. The van der Waals surface area contributed by atoms with Gasteiger partial charge in [-0.25, -0.2) is 0 Å². The Hall–Kier alpha value is -0.860. The summed E-state index contributed by atoms with van der Waals surface area (Å²) in [5.74, 6) is 0.819. The van der Waals surface area contributed by atoms with Crippen LogP contribution in [0.4, 0.5) is 0 Å². The highest BCUT2D eigenvalue weighted by atomic mass is 15.1. The van der Waals surface area contributed by atoms with Gasteiger partial charge in [0.1, 0.15) is 0 Å². The lowest BCUT2D eigenvalue weighted by Gasteiger charge is -2.36. The second kappa shape index (κ2) is 7.66. The Morgan fingerprint density at radius 2 is 1.84 bits per heavy atom. The van der Waals surface area contributed by atoms with Gasteiger partial charge in [-0.3, -0.25) is 0 Å². The van der Waals surface area contributed by atoms with Gasteiger partial charge in [0.05, 0.1) is 0 Å². The van der Waals surface area contributed by atoms with Gasteiger partial charge in [0, 0.05) is 19.1 Å². The summed E-state index contributed by atoms with van der Waals surface area (Å²) in [6.07, 6.45) is 8.08. The number of rotatable bonds is 6. The van der Waals surface area contributed by atoms with E-state index in [1.807, 2.05) is 0 Å². The number of benzene rings is 1. The van der Waals surface area contributed by atoms with Crippen LogP contribution in [-0.2, 0) is 6.42 Å². The lowest BCUT2D eigenvalue weighted by molar-refractivity contribution is 0.150. The average molecular weight is 260 g/mol. The van der Waals surface area contributed by atoms with Gasteiger partial charge in [0.25, 0.3) is 0 Å². The summed E-state index contributed by atoms with van der Waals surface area (Å²) in [5.41, 5.74) is 7.46. The van der Waals surface area contributed by atoms with Gasteiger partial charge in [-0.1, -0.05) is 49.6 Å². The van der Waals surface area contributed by atoms with Gasteiger partial charge >= 0.3 is 0 Å². The van der Waals surface area contributed by atoms with Crippen molar-refractivity contribution in [1.29, 1.82) is 0 Å². The fourth-order valence-electron chi connectivity index (χ4n) is 3.37. The minimum absolute atomic E-state index is 0.573. The Balaban J connectivity index is 1.84. The van der Waals surface area contributed by atoms with E-state index in [9.17, 15) is 0 Å². The van der Waals surface area contributed by atoms with Crippen molar-refractivity contribution in [3.63, 3.8) is 0 Å². The lowest BCUT2D eigenvalue weighted by atomic mass is 9.83. The minimum Gasteiger partial charge on any atom is -0.329 e. The molecule has 106 valence electrons. The van der Waals surface area contributed by atoms with Crippen LogP contribution in [0, 0.1) is 5.92 Å². The fraction of sp³-hybridized carbons (Fsp3) is 0.647. The predicted octanol–water partition coefficient (Wildman–Crippen LogP) is 3.07. The van der Waals surface area contributed by atoms with E-state index in [2.05, 4.69) is 42.3 Å². The van der Waals surface area contributed by atoms with Gasteiger partial charge < -0.3 is 10.6 Å². The highest BCUT2D eigenvalue weighted by molar-refractivity contribution is 5.14. The molecule has 1 aromatic rings. The van der Waals surface area contributed by atoms with Crippen LogP contribution in [0.25, 0.3) is 0 Å². The van der Waals surface area contributed by atoms with E-state index in [4.69, 9.17) is 5.73 Å². The molecule has 0 bridgehead atoms. The zero-order valence-electron chi connectivity index (χ0n) is 12.2. The first kappa shape index (κ1) is 14.5. The third-order valence-electron chi connectivity index (χ3n) is 4.60. The van der Waals surface area contributed by atoms with Gasteiger partial charge in [-0.05, 0) is 37.8 Å². The fourth-order valence-corrected chi connectivity index (χ4v) is 3.37. The van der Waals surface area contributed by atoms with Crippen LogP contribution in [0.3, 0.4) is 0 Å². The van der Waals surface area contributed by atoms with Crippen LogP contribution in [0.1, 0.15) is 37.7 Å². The van der Waals surface area contributed by atoms with Crippen molar-refractivity contribution in [2.24, 2.45) is 11.7 Å². The molecule has 1 aliphatic carbocycles. The number of nitrogens with zero attached hydrogens (tertiary/aromatic N) is 1. The van der Waals surface area contributed by atoms with E-state index in [-0.39, 0.29) is 0 Å². The molecule has 0 saturated heterocycles. The third-order valence-corrected chi connectivity index (χ3v) is 4.60. The summed E-state index contributed by atoms with van der Waals surface area (Å²) in [7, 11) is 2.25. The quantitative estimate of drug-likeness (QED) is 0.851. The van der Waals surface area contributed by atoms with Crippen molar-refractivity contribution in [2.75, 3.05) is 20.1 Å². The normalized spacial score (nSPS) is 18.7. The molecular weight excluding hydrogens is 232 g/mol. The van der Waals surface area contributed by atoms with Crippen molar-refractivity contribution in [3.05, 3.63) is 35.9 Å². The molecule has 1 aliphatic rings. The highest BCUT2D eigenvalue weighted by Gasteiger charge is 2.25. The molecule has 0 spiro atoms. The molecule has 0 aliphatic heterocycles. The van der Waals surface area contributed by atoms with Crippen molar-refractivity contribution < 1.29 is 0 Å². The van der Waals surface area contributed by atoms with E-state index in [0.29, 0.717) is 6.04 Å². The maximum Gasteiger partial charge on any atom is 0.0243 e. The smallest absolute Gasteiger partial charge is 0.0243 e. The summed E-state index contributed by atoms with van der Waals surface area (Å²) in [6.45, 7) is 1.92. The zero-order valence-corrected chi connectivity index (χ0v) is 12.2. The van der Waals surface area contributed by atoms with E-state index in [1.54, 1.807) is 0 Å². The zero-order chi connectivity index (χ0) is 13.5. The molecule has 19 heavy (non-hydrogen) atoms. The van der Waals surface area contributed by atoms with E-state index in [1.165, 1.54) is 37.7 Å². The molecule has 2 N–H and O–H groups in total. The van der Waals surface area contributed by atoms with Crippen LogP contribution >= 0.6 is 0 Å². The molecular formula is C17H28N2. The van der Waals surface area contributed by atoms with Gasteiger partial charge in [-0.15, -0.1) is 0 Å². The molecule has 2 rings (SSSR count). The number of hydrogen-bond donors (Lipinski definition) is 1. The maximum absolute atomic E-state index is 6.03. The van der Waals surface area contributed by atoms with E-state index < -0.39 is 0 Å². The first-order valence-electron chi connectivity index (χ1n) is 7.75. The second-order valence-electron chi connectivity index (χ2n) is 5.92. The van der Waals surface area contributed by atoms with Gasteiger partial charge in [-0.2, -0.15) is 0 Å². The topological polar surface area (TPSA) is 29.3 Å². The van der Waals surface area contributed by atoms with Crippen LogP contribution in [0.2, 0.25) is 0 Å². The standard InChI is InChI=1S/C17H28N2/c1-19(13-12-15-8-4-2-5-9-15)17(14-18)16-10-6-3-7-11-16/h2,4-5,8-9,16-17H,3,6-7,10-14,18H2,1H3. The number of likely N-dealkylation sites (N-methyl/N-ethyl adjacent to an activating group) is 1. The number of hydrogen-bond acceptors (Lipinski definition) is 2. The van der Waals surface area contributed by atoms with E-state index >= 15 is 0 Å². The highest BCUT2D eigenvalue weighted by Crippen LogP contribution is 2.28. The Labute approximate surface area is 118 Å². The molecule has 0 radical (unpaired) electrons. The average Bonchev–Trinajstić information content (AvgIpc) is 2.48. The molecule has 0 heterocycles. The molecule has 0 amide bonds. The molecule has 1 unspecified atom stereocenters. The van der Waals surface area contributed by atoms with Crippen molar-refractivity contribution in [2.45, 2.75) is 44.6 Å². The molecule has 2 heteroatoms. The van der Waals surface area contributed by atoms with Crippen LogP contribution in [-0.4, -0.2) is 31.1 Å². The number of nitrogens with two attached hydrogens (primary N) is 1. The third kappa shape index (κ3) is 4.32.